The van der Waals surface area contributed by atoms with Gasteiger partial charge < -0.3 is 14.0 Å². The molecule has 28 heavy (non-hydrogen) atoms. The van der Waals surface area contributed by atoms with E-state index in [1.54, 1.807) is 0 Å². The third-order valence-electron chi connectivity index (χ3n) is 5.07. The average molecular weight is 375 g/mol. The summed E-state index contributed by atoms with van der Waals surface area (Å²) in [5, 5.41) is 0. The smallest absolute Gasteiger partial charge is 0.274 e. The molecule has 1 saturated heterocycles. The molecule has 5 heteroatoms. The van der Waals surface area contributed by atoms with Crippen molar-refractivity contribution in [2.75, 3.05) is 19.7 Å². The van der Waals surface area contributed by atoms with Crippen molar-refractivity contribution in [2.45, 2.75) is 25.9 Å². The maximum Gasteiger partial charge on any atom is 0.274 e. The van der Waals surface area contributed by atoms with E-state index < -0.39 is 0 Å². The van der Waals surface area contributed by atoms with E-state index in [9.17, 15) is 4.79 Å². The molecule has 0 saturated carbocycles. The minimum absolute atomic E-state index is 0.0590. The van der Waals surface area contributed by atoms with Gasteiger partial charge >= 0.3 is 0 Å². The molecule has 1 aliphatic rings. The van der Waals surface area contributed by atoms with Gasteiger partial charge in [-0.2, -0.15) is 0 Å². The number of benzene rings is 1. The van der Waals surface area contributed by atoms with Gasteiger partial charge in [0.2, 0.25) is 0 Å². The SMILES string of the molecule is Cc1cccn2cc(C(=O)N(CC=Cc3ccccc3)CC3CCCO3)nc12. The van der Waals surface area contributed by atoms with Crippen LogP contribution < -0.4 is 0 Å². The first-order valence-electron chi connectivity index (χ1n) is 9.77. The molecule has 0 spiro atoms. The fourth-order valence-electron chi connectivity index (χ4n) is 3.57. The lowest BCUT2D eigenvalue weighted by Crippen LogP contribution is -2.37. The molecule has 0 bridgehead atoms. The summed E-state index contributed by atoms with van der Waals surface area (Å²) < 4.78 is 7.68. The average Bonchev–Trinajstić information content (AvgIpc) is 3.38. The van der Waals surface area contributed by atoms with Crippen molar-refractivity contribution in [3.8, 4) is 0 Å². The van der Waals surface area contributed by atoms with Gasteiger partial charge in [-0.25, -0.2) is 4.98 Å². The molecule has 144 valence electrons. The number of hydrogen-bond donors (Lipinski definition) is 0. The van der Waals surface area contributed by atoms with E-state index in [-0.39, 0.29) is 12.0 Å². The molecule has 1 aliphatic heterocycles. The van der Waals surface area contributed by atoms with Crippen molar-refractivity contribution in [2.24, 2.45) is 0 Å². The highest BCUT2D eigenvalue weighted by Crippen LogP contribution is 2.16. The maximum atomic E-state index is 13.2. The van der Waals surface area contributed by atoms with Crippen molar-refractivity contribution >= 4 is 17.6 Å². The molecule has 4 rings (SSSR count). The van der Waals surface area contributed by atoms with Crippen molar-refractivity contribution < 1.29 is 9.53 Å². The molecule has 1 amide bonds. The number of aryl methyl sites for hydroxylation is 1. The first-order valence-corrected chi connectivity index (χ1v) is 9.77. The number of amides is 1. The van der Waals surface area contributed by atoms with E-state index in [1.165, 1.54) is 0 Å². The summed E-state index contributed by atoms with van der Waals surface area (Å²) in [6, 6.07) is 14.1. The van der Waals surface area contributed by atoms with Gasteiger partial charge in [-0.3, -0.25) is 4.79 Å². The number of hydrogen-bond acceptors (Lipinski definition) is 3. The lowest BCUT2D eigenvalue weighted by molar-refractivity contribution is 0.0550. The standard InChI is InChI=1S/C23H25N3O2/c1-18-8-5-13-25-17-21(24-22(18)25)23(27)26(16-20-12-7-15-28-20)14-6-11-19-9-3-2-4-10-19/h2-6,8-11,13,17,20H,7,12,14-16H2,1H3. The van der Waals surface area contributed by atoms with Crippen LogP contribution in [-0.2, 0) is 4.74 Å². The van der Waals surface area contributed by atoms with Crippen LogP contribution in [0.2, 0.25) is 0 Å². The van der Waals surface area contributed by atoms with E-state index in [0.717, 1.165) is 36.2 Å². The van der Waals surface area contributed by atoms with Crippen molar-refractivity contribution in [1.82, 2.24) is 14.3 Å². The van der Waals surface area contributed by atoms with Gasteiger partial charge in [0.05, 0.1) is 6.10 Å². The zero-order valence-corrected chi connectivity index (χ0v) is 16.1. The number of aromatic nitrogens is 2. The Morgan fingerprint density at radius 3 is 2.89 bits per heavy atom. The van der Waals surface area contributed by atoms with Crippen LogP contribution in [-0.4, -0.2) is 46.0 Å². The van der Waals surface area contributed by atoms with Crippen LogP contribution in [0.4, 0.5) is 0 Å². The minimum atomic E-state index is -0.0590. The number of pyridine rings is 1. The highest BCUT2D eigenvalue weighted by molar-refractivity contribution is 5.93. The Bertz CT molecular complexity index is 972. The number of ether oxygens (including phenoxy) is 1. The monoisotopic (exact) mass is 375 g/mol. The number of imidazole rings is 1. The fourth-order valence-corrected chi connectivity index (χ4v) is 3.57. The Kier molecular flexibility index (Phi) is 5.53. The molecular formula is C23H25N3O2. The Morgan fingerprint density at radius 1 is 1.29 bits per heavy atom. The number of nitrogens with zero attached hydrogens (tertiary/aromatic N) is 3. The lowest BCUT2D eigenvalue weighted by atomic mass is 10.2. The summed E-state index contributed by atoms with van der Waals surface area (Å²) in [7, 11) is 0. The normalized spacial score (nSPS) is 16.8. The van der Waals surface area contributed by atoms with Crippen LogP contribution >= 0.6 is 0 Å². The molecule has 0 radical (unpaired) electrons. The summed E-state index contributed by atoms with van der Waals surface area (Å²) in [4.78, 5) is 19.6. The fraction of sp³-hybridized carbons (Fsp3) is 0.304. The van der Waals surface area contributed by atoms with Crippen LogP contribution in [0.3, 0.4) is 0 Å². The van der Waals surface area contributed by atoms with E-state index in [0.29, 0.717) is 18.8 Å². The van der Waals surface area contributed by atoms with E-state index in [1.807, 2.05) is 83.2 Å². The molecule has 5 nitrogen and oxygen atoms in total. The van der Waals surface area contributed by atoms with Gasteiger partial charge in [0.1, 0.15) is 11.3 Å². The van der Waals surface area contributed by atoms with Gasteiger partial charge in [-0.1, -0.05) is 48.6 Å². The number of carbonyl (C=O) groups is 1. The lowest BCUT2D eigenvalue weighted by Gasteiger charge is -2.23. The molecule has 2 aromatic heterocycles. The van der Waals surface area contributed by atoms with E-state index in [2.05, 4.69) is 4.98 Å². The van der Waals surface area contributed by atoms with Crippen LogP contribution in [0.15, 0.2) is 60.9 Å². The summed E-state index contributed by atoms with van der Waals surface area (Å²) in [6.45, 7) is 3.90. The molecular weight excluding hydrogens is 350 g/mol. The molecule has 0 aliphatic carbocycles. The molecule has 1 fully saturated rings. The summed E-state index contributed by atoms with van der Waals surface area (Å²) >= 11 is 0. The second-order valence-corrected chi connectivity index (χ2v) is 7.21. The summed E-state index contributed by atoms with van der Waals surface area (Å²) in [6.07, 6.45) is 9.97. The number of fused-ring (bicyclic) bond motifs is 1. The second kappa shape index (κ2) is 8.40. The number of carbonyl (C=O) groups excluding carboxylic acids is 1. The van der Waals surface area contributed by atoms with Gasteiger partial charge in [-0.15, -0.1) is 0 Å². The molecule has 0 N–H and O–H groups in total. The van der Waals surface area contributed by atoms with Crippen LogP contribution in [0, 0.1) is 6.92 Å². The van der Waals surface area contributed by atoms with Gasteiger partial charge in [0, 0.05) is 32.1 Å². The van der Waals surface area contributed by atoms with Gasteiger partial charge in [0.15, 0.2) is 0 Å². The quantitative estimate of drug-likeness (QED) is 0.655. The third kappa shape index (κ3) is 4.15. The van der Waals surface area contributed by atoms with Gasteiger partial charge in [0.25, 0.3) is 5.91 Å². The summed E-state index contributed by atoms with van der Waals surface area (Å²) in [5.41, 5.74) is 3.47. The number of rotatable bonds is 6. The highest BCUT2D eigenvalue weighted by atomic mass is 16.5. The van der Waals surface area contributed by atoms with E-state index in [4.69, 9.17) is 4.74 Å². The van der Waals surface area contributed by atoms with Crippen molar-refractivity contribution in [3.63, 3.8) is 0 Å². The molecule has 3 aromatic rings. The molecule has 1 atom stereocenters. The predicted octanol–water partition coefficient (Wildman–Crippen LogP) is 3.98. The second-order valence-electron chi connectivity index (χ2n) is 7.21. The highest BCUT2D eigenvalue weighted by Gasteiger charge is 2.24. The van der Waals surface area contributed by atoms with Crippen LogP contribution in [0.5, 0.6) is 0 Å². The maximum absolute atomic E-state index is 13.2. The van der Waals surface area contributed by atoms with Crippen molar-refractivity contribution in [3.05, 3.63) is 77.8 Å². The zero-order chi connectivity index (χ0) is 19.3. The minimum Gasteiger partial charge on any atom is -0.376 e. The Labute approximate surface area is 165 Å². The van der Waals surface area contributed by atoms with Crippen LogP contribution in [0.25, 0.3) is 11.7 Å². The first kappa shape index (κ1) is 18.4. The first-order chi connectivity index (χ1) is 13.7. The Hall–Kier alpha value is -2.92. The van der Waals surface area contributed by atoms with Crippen LogP contribution in [0.1, 0.15) is 34.5 Å². The Balaban J connectivity index is 1.55. The topological polar surface area (TPSA) is 46.8 Å². The predicted molar refractivity (Wildman–Crippen MR) is 110 cm³/mol. The molecule has 1 unspecified atom stereocenters. The van der Waals surface area contributed by atoms with Gasteiger partial charge in [-0.05, 0) is 37.0 Å². The van der Waals surface area contributed by atoms with Crippen molar-refractivity contribution in [1.29, 1.82) is 0 Å². The summed E-state index contributed by atoms with van der Waals surface area (Å²) in [5.74, 6) is -0.0590. The van der Waals surface area contributed by atoms with E-state index >= 15 is 0 Å². The Morgan fingerprint density at radius 2 is 2.14 bits per heavy atom. The largest absolute Gasteiger partial charge is 0.376 e. The third-order valence-corrected chi connectivity index (χ3v) is 5.07. The molecule has 3 heterocycles. The molecule has 1 aromatic carbocycles. The zero-order valence-electron chi connectivity index (χ0n) is 16.1.